The molecule has 11 heteroatoms. The summed E-state index contributed by atoms with van der Waals surface area (Å²) >= 11 is 0. The van der Waals surface area contributed by atoms with Crippen LogP contribution in [0.1, 0.15) is 59.9 Å². The molecule has 36 heavy (non-hydrogen) atoms. The number of carbonyl (C=O) groups is 4. The highest BCUT2D eigenvalue weighted by molar-refractivity contribution is 5.76. The van der Waals surface area contributed by atoms with Crippen LogP contribution in [0.15, 0.2) is 18.2 Å². The van der Waals surface area contributed by atoms with Crippen molar-refractivity contribution in [2.75, 3.05) is 19.8 Å². The van der Waals surface area contributed by atoms with E-state index in [1.54, 1.807) is 27.7 Å². The van der Waals surface area contributed by atoms with Gasteiger partial charge in [0.15, 0.2) is 11.5 Å². The second-order valence-electron chi connectivity index (χ2n) is 9.15. The van der Waals surface area contributed by atoms with E-state index in [2.05, 4.69) is 5.32 Å². The summed E-state index contributed by atoms with van der Waals surface area (Å²) in [6.45, 7) is 10.9. The molecular formula is C25H37NO10. The van der Waals surface area contributed by atoms with Crippen molar-refractivity contribution in [3.05, 3.63) is 23.8 Å². The molecule has 0 aromatic heterocycles. The molecule has 0 radical (unpaired) electrons. The molecule has 202 valence electrons. The second kappa shape index (κ2) is 14.9. The Morgan fingerprint density at radius 3 is 2.00 bits per heavy atom. The van der Waals surface area contributed by atoms with Gasteiger partial charge in [-0.3, -0.25) is 9.59 Å². The van der Waals surface area contributed by atoms with Gasteiger partial charge in [0.2, 0.25) is 0 Å². The molecule has 1 aromatic rings. The lowest BCUT2D eigenvalue weighted by atomic mass is 9.97. The Bertz CT molecular complexity index is 893. The van der Waals surface area contributed by atoms with E-state index in [4.69, 9.17) is 23.7 Å². The minimum absolute atomic E-state index is 0.00377. The summed E-state index contributed by atoms with van der Waals surface area (Å²) in [5.74, 6) is -1.74. The molecule has 0 aliphatic carbocycles. The van der Waals surface area contributed by atoms with Crippen LogP contribution in [0.2, 0.25) is 0 Å². The van der Waals surface area contributed by atoms with Gasteiger partial charge in [-0.05, 0) is 64.7 Å². The van der Waals surface area contributed by atoms with Crippen molar-refractivity contribution in [2.24, 2.45) is 5.41 Å². The number of hydrogen-bond donors (Lipinski definition) is 2. The number of nitrogens with one attached hydrogen (secondary N) is 1. The van der Waals surface area contributed by atoms with E-state index in [0.29, 0.717) is 18.4 Å². The number of benzene rings is 1. The Labute approximate surface area is 211 Å². The minimum Gasteiger partial charge on any atom is -0.480 e. The normalized spacial score (nSPS) is 12.7. The molecule has 1 rings (SSSR count). The lowest BCUT2D eigenvalue weighted by molar-refractivity contribution is -0.157. The predicted octanol–water partition coefficient (Wildman–Crippen LogP) is 4.10. The van der Waals surface area contributed by atoms with Gasteiger partial charge < -0.3 is 34.1 Å². The number of aliphatic carboxylic acids is 1. The van der Waals surface area contributed by atoms with Gasteiger partial charge in [0.1, 0.15) is 12.1 Å². The predicted molar refractivity (Wildman–Crippen MR) is 129 cm³/mol. The number of carboxylic acid groups (broad SMARTS) is 1. The van der Waals surface area contributed by atoms with Crippen LogP contribution in [0.25, 0.3) is 0 Å². The quantitative estimate of drug-likeness (QED) is 0.224. The van der Waals surface area contributed by atoms with Crippen LogP contribution in [0, 0.1) is 5.41 Å². The largest absolute Gasteiger partial charge is 0.513 e. The summed E-state index contributed by atoms with van der Waals surface area (Å²) in [6.07, 6.45) is -1.36. The van der Waals surface area contributed by atoms with E-state index in [9.17, 15) is 24.3 Å². The van der Waals surface area contributed by atoms with Crippen molar-refractivity contribution >= 4 is 24.2 Å². The number of carboxylic acids is 1. The van der Waals surface area contributed by atoms with E-state index in [-0.39, 0.29) is 37.7 Å². The van der Waals surface area contributed by atoms with Crippen molar-refractivity contribution in [2.45, 2.75) is 73.0 Å². The van der Waals surface area contributed by atoms with E-state index < -0.39 is 41.8 Å². The van der Waals surface area contributed by atoms with Crippen LogP contribution < -0.4 is 14.8 Å². The molecule has 0 fully saturated rings. The maximum Gasteiger partial charge on any atom is 0.513 e. The van der Waals surface area contributed by atoms with Crippen molar-refractivity contribution in [1.29, 1.82) is 0 Å². The lowest BCUT2D eigenvalue weighted by Crippen LogP contribution is -2.43. The zero-order chi connectivity index (χ0) is 27.3. The highest BCUT2D eigenvalue weighted by Crippen LogP contribution is 2.30. The zero-order valence-corrected chi connectivity index (χ0v) is 21.8. The Morgan fingerprint density at radius 2 is 1.50 bits per heavy atom. The molecule has 0 heterocycles. The summed E-state index contributed by atoms with van der Waals surface area (Å²) < 4.78 is 25.5. The van der Waals surface area contributed by atoms with Gasteiger partial charge in [0, 0.05) is 6.54 Å². The molecule has 0 aliphatic heterocycles. The highest BCUT2D eigenvalue weighted by atomic mass is 16.7. The summed E-state index contributed by atoms with van der Waals surface area (Å²) in [5.41, 5.74) is -0.205. The Hall–Kier alpha value is -3.34. The van der Waals surface area contributed by atoms with E-state index in [1.165, 1.54) is 18.2 Å². The third-order valence-corrected chi connectivity index (χ3v) is 4.55. The highest BCUT2D eigenvalue weighted by Gasteiger charge is 2.26. The van der Waals surface area contributed by atoms with Gasteiger partial charge in [0.25, 0.3) is 0 Å². The standard InChI is InChI=1S/C25H37NO10/c1-7-11-32-23(30)35-19-10-9-17(14-20(19)36-24(31)33-12-8-2)13-18(21(27)28)26-15-16(3)34-22(29)25(4,5)6/h9-10,14,16,18,26H,7-8,11-13,15H2,1-6H3,(H,27,28)/t16?,18-/m0/s1. The van der Waals surface area contributed by atoms with Crippen LogP contribution in [0.5, 0.6) is 11.5 Å². The van der Waals surface area contributed by atoms with Crippen molar-refractivity contribution in [1.82, 2.24) is 5.32 Å². The van der Waals surface area contributed by atoms with Gasteiger partial charge in [0.05, 0.1) is 18.6 Å². The molecule has 2 atom stereocenters. The summed E-state index contributed by atoms with van der Waals surface area (Å²) in [7, 11) is 0. The maximum atomic E-state index is 12.0. The monoisotopic (exact) mass is 511 g/mol. The summed E-state index contributed by atoms with van der Waals surface area (Å²) in [4.78, 5) is 47.7. The zero-order valence-electron chi connectivity index (χ0n) is 21.8. The molecule has 0 amide bonds. The molecule has 0 saturated carbocycles. The third kappa shape index (κ3) is 11.4. The minimum atomic E-state index is -1.13. The molecule has 0 bridgehead atoms. The van der Waals surface area contributed by atoms with Gasteiger partial charge in [-0.1, -0.05) is 19.9 Å². The van der Waals surface area contributed by atoms with Crippen LogP contribution >= 0.6 is 0 Å². The number of ether oxygens (including phenoxy) is 5. The lowest BCUT2D eigenvalue weighted by Gasteiger charge is -2.23. The second-order valence-corrected chi connectivity index (χ2v) is 9.15. The Kier molecular flexibility index (Phi) is 12.7. The van der Waals surface area contributed by atoms with Gasteiger partial charge >= 0.3 is 24.2 Å². The summed E-state index contributed by atoms with van der Waals surface area (Å²) in [6, 6.07) is 3.25. The first kappa shape index (κ1) is 30.7. The first-order valence-electron chi connectivity index (χ1n) is 11.9. The van der Waals surface area contributed by atoms with Crippen molar-refractivity contribution < 1.29 is 48.0 Å². The van der Waals surface area contributed by atoms with Gasteiger partial charge in [-0.2, -0.15) is 0 Å². The SMILES string of the molecule is CCCOC(=O)Oc1ccc(C[C@H](NCC(C)OC(=O)C(C)(C)C)C(=O)O)cc1OC(=O)OCCC. The fourth-order valence-electron chi connectivity index (χ4n) is 2.64. The number of carbonyl (C=O) groups excluding carboxylic acids is 3. The topological polar surface area (TPSA) is 147 Å². The molecule has 0 aliphatic rings. The number of rotatable bonds is 13. The van der Waals surface area contributed by atoms with Gasteiger partial charge in [-0.15, -0.1) is 0 Å². The van der Waals surface area contributed by atoms with Gasteiger partial charge in [-0.25, -0.2) is 9.59 Å². The average molecular weight is 512 g/mol. The molecule has 1 aromatic carbocycles. The molecule has 0 spiro atoms. The Morgan fingerprint density at radius 1 is 0.944 bits per heavy atom. The van der Waals surface area contributed by atoms with E-state index >= 15 is 0 Å². The molecule has 0 saturated heterocycles. The van der Waals surface area contributed by atoms with E-state index in [1.807, 2.05) is 13.8 Å². The van der Waals surface area contributed by atoms with Crippen molar-refractivity contribution in [3.63, 3.8) is 0 Å². The van der Waals surface area contributed by atoms with Crippen LogP contribution in [-0.4, -0.2) is 61.3 Å². The van der Waals surface area contributed by atoms with E-state index in [0.717, 1.165) is 0 Å². The fourth-order valence-corrected chi connectivity index (χ4v) is 2.64. The first-order valence-corrected chi connectivity index (χ1v) is 11.9. The molecule has 2 N–H and O–H groups in total. The number of hydrogen-bond acceptors (Lipinski definition) is 10. The van der Waals surface area contributed by atoms with Crippen molar-refractivity contribution in [3.8, 4) is 11.5 Å². The average Bonchev–Trinajstić information content (AvgIpc) is 2.79. The Balaban J connectivity index is 2.98. The van der Waals surface area contributed by atoms with Crippen LogP contribution in [-0.2, 0) is 30.2 Å². The molecular weight excluding hydrogens is 474 g/mol. The maximum absolute atomic E-state index is 12.0. The fraction of sp³-hybridized carbons (Fsp3) is 0.600. The molecule has 1 unspecified atom stereocenters. The summed E-state index contributed by atoms with van der Waals surface area (Å²) in [5, 5.41) is 12.5. The van der Waals surface area contributed by atoms with Crippen LogP contribution in [0.3, 0.4) is 0 Å². The number of esters is 1. The third-order valence-electron chi connectivity index (χ3n) is 4.55. The first-order chi connectivity index (χ1) is 16.9. The smallest absolute Gasteiger partial charge is 0.480 e. The molecule has 11 nitrogen and oxygen atoms in total. The van der Waals surface area contributed by atoms with Crippen LogP contribution in [0.4, 0.5) is 9.59 Å².